The summed E-state index contributed by atoms with van der Waals surface area (Å²) in [6.07, 6.45) is 4.15. The predicted octanol–water partition coefficient (Wildman–Crippen LogP) is 2.87. The number of fused-ring (bicyclic) bond motifs is 5. The molecule has 0 unspecified atom stereocenters. The predicted molar refractivity (Wildman–Crippen MR) is 91.7 cm³/mol. The number of imide groups is 1. The van der Waals surface area contributed by atoms with E-state index >= 15 is 0 Å². The van der Waals surface area contributed by atoms with Gasteiger partial charge in [-0.1, -0.05) is 23.3 Å². The summed E-state index contributed by atoms with van der Waals surface area (Å²) in [5, 5.41) is 0. The first-order valence-electron chi connectivity index (χ1n) is 8.42. The average molecular weight is 337 g/mol. The summed E-state index contributed by atoms with van der Waals surface area (Å²) in [5.74, 6) is -0.780. The third kappa shape index (κ3) is 2.18. The first kappa shape index (κ1) is 15.8. The molecule has 128 valence electrons. The number of benzene rings is 1. The zero-order valence-corrected chi connectivity index (χ0v) is 14.4. The van der Waals surface area contributed by atoms with Gasteiger partial charge in [0, 0.05) is 18.8 Å². The molecule has 1 saturated heterocycles. The lowest BCUT2D eigenvalue weighted by molar-refractivity contribution is -0.132. The summed E-state index contributed by atoms with van der Waals surface area (Å²) in [4.78, 5) is 38.3. The highest BCUT2D eigenvalue weighted by Crippen LogP contribution is 2.57. The van der Waals surface area contributed by atoms with Crippen LogP contribution in [0.25, 0.3) is 0 Å². The van der Waals surface area contributed by atoms with Crippen LogP contribution in [0, 0.1) is 23.7 Å². The summed E-state index contributed by atoms with van der Waals surface area (Å²) in [6.45, 7) is 5.42. The molecule has 0 spiro atoms. The number of nitrogens with zero attached hydrogens (tertiary/aromatic N) is 1. The van der Waals surface area contributed by atoms with Gasteiger partial charge in [-0.05, 0) is 38.1 Å². The van der Waals surface area contributed by atoms with E-state index < -0.39 is 5.97 Å². The third-order valence-corrected chi connectivity index (χ3v) is 5.35. The maximum Gasteiger partial charge on any atom is 0.308 e. The lowest BCUT2D eigenvalue weighted by Gasteiger charge is -2.19. The first-order valence-corrected chi connectivity index (χ1v) is 8.42. The maximum atomic E-state index is 13.0. The average Bonchev–Trinajstić information content (AvgIpc) is 3.18. The van der Waals surface area contributed by atoms with Gasteiger partial charge >= 0.3 is 5.97 Å². The second-order valence-corrected chi connectivity index (χ2v) is 7.04. The molecule has 0 N–H and O–H groups in total. The van der Waals surface area contributed by atoms with Crippen LogP contribution in [0.5, 0.6) is 5.75 Å². The van der Waals surface area contributed by atoms with E-state index in [-0.39, 0.29) is 35.5 Å². The van der Waals surface area contributed by atoms with Crippen LogP contribution in [0.4, 0.5) is 5.69 Å². The first-order chi connectivity index (χ1) is 11.9. The van der Waals surface area contributed by atoms with Crippen LogP contribution < -0.4 is 9.64 Å². The van der Waals surface area contributed by atoms with Crippen LogP contribution >= 0.6 is 0 Å². The molecule has 25 heavy (non-hydrogen) atoms. The molecule has 4 rings (SSSR count). The molecule has 5 heteroatoms. The lowest BCUT2D eigenvalue weighted by atomic mass is 9.85. The van der Waals surface area contributed by atoms with Crippen molar-refractivity contribution in [2.24, 2.45) is 23.7 Å². The Labute approximate surface area is 146 Å². The number of rotatable bonds is 2. The van der Waals surface area contributed by atoms with Crippen molar-refractivity contribution >= 4 is 23.5 Å². The minimum atomic E-state index is -0.410. The van der Waals surface area contributed by atoms with Crippen molar-refractivity contribution in [3.8, 4) is 5.75 Å². The standard InChI is InChI=1S/C20H19NO4/c1-10(2)16-14-8-9-15(16)18-17(14)19(23)21(20(18)24)12-4-6-13(7-5-12)25-11(3)22/h4-9,14-15,17-18H,1-3H3/t14-,15-,17-,18-/m0/s1. The molecule has 5 nitrogen and oxygen atoms in total. The van der Waals surface area contributed by atoms with Gasteiger partial charge in [-0.25, -0.2) is 4.90 Å². The van der Waals surface area contributed by atoms with Crippen LogP contribution in [-0.4, -0.2) is 17.8 Å². The largest absolute Gasteiger partial charge is 0.427 e. The molecule has 1 saturated carbocycles. The number of hydrogen-bond acceptors (Lipinski definition) is 4. The zero-order chi connectivity index (χ0) is 17.9. The van der Waals surface area contributed by atoms with Crippen molar-refractivity contribution in [2.45, 2.75) is 20.8 Å². The number of ether oxygens (including phenoxy) is 1. The molecular weight excluding hydrogens is 318 g/mol. The number of amides is 2. The fraction of sp³-hybridized carbons (Fsp3) is 0.350. The van der Waals surface area contributed by atoms with Gasteiger partial charge in [0.25, 0.3) is 0 Å². The van der Waals surface area contributed by atoms with Crippen molar-refractivity contribution in [1.82, 2.24) is 0 Å². The van der Waals surface area contributed by atoms with Crippen molar-refractivity contribution in [3.63, 3.8) is 0 Å². The van der Waals surface area contributed by atoms with Gasteiger partial charge in [0.15, 0.2) is 0 Å². The molecule has 3 aliphatic rings. The van der Waals surface area contributed by atoms with Gasteiger partial charge in [0.2, 0.25) is 11.8 Å². The summed E-state index contributed by atoms with van der Waals surface area (Å²) < 4.78 is 5.00. The molecule has 4 atom stereocenters. The van der Waals surface area contributed by atoms with Crippen LogP contribution in [-0.2, 0) is 14.4 Å². The summed E-state index contributed by atoms with van der Waals surface area (Å²) >= 11 is 0. The van der Waals surface area contributed by atoms with Crippen molar-refractivity contribution < 1.29 is 19.1 Å². The van der Waals surface area contributed by atoms with E-state index in [0.717, 1.165) is 0 Å². The summed E-state index contributed by atoms with van der Waals surface area (Å²) in [7, 11) is 0. The molecule has 0 radical (unpaired) electrons. The van der Waals surface area contributed by atoms with E-state index in [4.69, 9.17) is 4.74 Å². The summed E-state index contributed by atoms with van der Waals surface area (Å²) in [6, 6.07) is 6.48. The van der Waals surface area contributed by atoms with Gasteiger partial charge in [0.1, 0.15) is 5.75 Å². The van der Waals surface area contributed by atoms with Crippen molar-refractivity contribution in [3.05, 3.63) is 47.6 Å². The number of anilines is 1. The Morgan fingerprint density at radius 3 is 1.88 bits per heavy atom. The van der Waals surface area contributed by atoms with E-state index in [9.17, 15) is 14.4 Å². The second-order valence-electron chi connectivity index (χ2n) is 7.04. The van der Waals surface area contributed by atoms with Crippen LogP contribution in [0.15, 0.2) is 47.6 Å². The zero-order valence-electron chi connectivity index (χ0n) is 14.4. The van der Waals surface area contributed by atoms with E-state index in [2.05, 4.69) is 12.2 Å². The van der Waals surface area contributed by atoms with Gasteiger partial charge in [-0.15, -0.1) is 0 Å². The maximum absolute atomic E-state index is 13.0. The van der Waals surface area contributed by atoms with Gasteiger partial charge in [-0.3, -0.25) is 14.4 Å². The topological polar surface area (TPSA) is 63.7 Å². The van der Waals surface area contributed by atoms with Crippen molar-refractivity contribution in [1.29, 1.82) is 0 Å². The number of allylic oxidation sites excluding steroid dienone is 4. The van der Waals surface area contributed by atoms with E-state index in [1.165, 1.54) is 23.0 Å². The van der Waals surface area contributed by atoms with Gasteiger partial charge in [-0.2, -0.15) is 0 Å². The highest BCUT2D eigenvalue weighted by molar-refractivity contribution is 6.23. The Bertz CT molecular complexity index is 811. The Morgan fingerprint density at radius 2 is 1.44 bits per heavy atom. The van der Waals surface area contributed by atoms with E-state index in [0.29, 0.717) is 11.4 Å². The molecule has 1 aliphatic heterocycles. The number of hydrogen-bond donors (Lipinski definition) is 0. The molecule has 1 aromatic rings. The van der Waals surface area contributed by atoms with Crippen LogP contribution in [0.3, 0.4) is 0 Å². The Kier molecular flexibility index (Phi) is 3.42. The molecule has 2 amide bonds. The number of esters is 1. The van der Waals surface area contributed by atoms with E-state index in [1.807, 2.05) is 13.8 Å². The second kappa shape index (κ2) is 5.41. The smallest absolute Gasteiger partial charge is 0.308 e. The summed E-state index contributed by atoms with van der Waals surface area (Å²) in [5.41, 5.74) is 2.97. The fourth-order valence-corrected chi connectivity index (χ4v) is 4.51. The molecular formula is C20H19NO4. The lowest BCUT2D eigenvalue weighted by Crippen LogP contribution is -2.33. The van der Waals surface area contributed by atoms with Gasteiger partial charge in [0.05, 0.1) is 17.5 Å². The Balaban J connectivity index is 1.65. The third-order valence-electron chi connectivity index (χ3n) is 5.35. The SMILES string of the molecule is CC(=O)Oc1ccc(N2C(=O)[C@@H]3[C@@H](C2=O)[C@H]2C=C[C@H]3C2=C(C)C)cc1. The molecule has 2 bridgehead atoms. The monoisotopic (exact) mass is 337 g/mol. The normalized spacial score (nSPS) is 29.4. The highest BCUT2D eigenvalue weighted by atomic mass is 16.5. The van der Waals surface area contributed by atoms with Crippen LogP contribution in [0.2, 0.25) is 0 Å². The van der Waals surface area contributed by atoms with Gasteiger partial charge < -0.3 is 4.74 Å². The number of carbonyl (C=O) groups excluding carboxylic acids is 3. The molecule has 2 fully saturated rings. The Morgan fingerprint density at radius 1 is 0.920 bits per heavy atom. The molecule has 0 aromatic heterocycles. The number of carbonyl (C=O) groups is 3. The molecule has 2 aliphatic carbocycles. The van der Waals surface area contributed by atoms with E-state index in [1.54, 1.807) is 24.3 Å². The minimum absolute atomic E-state index is 0.0433. The molecule has 1 aromatic carbocycles. The molecule has 1 heterocycles. The minimum Gasteiger partial charge on any atom is -0.427 e. The van der Waals surface area contributed by atoms with Crippen molar-refractivity contribution in [2.75, 3.05) is 4.90 Å². The van der Waals surface area contributed by atoms with Crippen LogP contribution in [0.1, 0.15) is 20.8 Å². The Hall–Kier alpha value is -2.69. The fourth-order valence-electron chi connectivity index (χ4n) is 4.51. The highest BCUT2D eigenvalue weighted by Gasteiger charge is 2.61. The quantitative estimate of drug-likeness (QED) is 0.360.